The number of benzene rings is 2. The highest BCUT2D eigenvalue weighted by atomic mass is 19.4. The van der Waals surface area contributed by atoms with Crippen LogP contribution in [-0.4, -0.2) is 83.9 Å². The van der Waals surface area contributed by atoms with E-state index in [-0.39, 0.29) is 17.9 Å². The standard InChI is InChI=1S/C25H27F3N4O3/c26-25(27,28)11-10-22(33)29-20-8-6-19(7-9-20)24(35)32-16-21(17-32)30-12-14-31(15-13-30)23(34)18-4-2-1-3-5-18/h1-9,21H,10-17H2,(H,29,33). The molecule has 7 nitrogen and oxygen atoms in total. The fourth-order valence-corrected chi connectivity index (χ4v) is 4.26. The molecule has 0 saturated carbocycles. The maximum Gasteiger partial charge on any atom is 0.389 e. The van der Waals surface area contributed by atoms with Crippen molar-refractivity contribution in [1.29, 1.82) is 0 Å². The van der Waals surface area contributed by atoms with E-state index in [9.17, 15) is 27.6 Å². The minimum atomic E-state index is -4.38. The van der Waals surface area contributed by atoms with Gasteiger partial charge in [0.25, 0.3) is 11.8 Å². The van der Waals surface area contributed by atoms with Crippen LogP contribution in [0.2, 0.25) is 0 Å². The first kappa shape index (κ1) is 24.7. The lowest BCUT2D eigenvalue weighted by Crippen LogP contribution is -2.64. The number of alkyl halides is 3. The smallest absolute Gasteiger partial charge is 0.336 e. The topological polar surface area (TPSA) is 73.0 Å². The number of hydrogen-bond acceptors (Lipinski definition) is 4. The molecule has 0 unspecified atom stereocenters. The van der Waals surface area contributed by atoms with Crippen molar-refractivity contribution in [2.75, 3.05) is 44.6 Å². The molecule has 10 heteroatoms. The summed E-state index contributed by atoms with van der Waals surface area (Å²) in [6.07, 6.45) is -6.20. The summed E-state index contributed by atoms with van der Waals surface area (Å²) >= 11 is 0. The second kappa shape index (κ2) is 10.5. The molecule has 2 heterocycles. The summed E-state index contributed by atoms with van der Waals surface area (Å²) in [6, 6.07) is 15.6. The Morgan fingerprint density at radius 1 is 0.800 bits per heavy atom. The maximum atomic E-state index is 12.7. The van der Waals surface area contributed by atoms with Crippen molar-refractivity contribution in [2.24, 2.45) is 0 Å². The van der Waals surface area contributed by atoms with Crippen molar-refractivity contribution in [1.82, 2.24) is 14.7 Å². The molecule has 0 radical (unpaired) electrons. The predicted molar refractivity (Wildman–Crippen MR) is 124 cm³/mol. The van der Waals surface area contributed by atoms with Crippen molar-refractivity contribution in [3.8, 4) is 0 Å². The quantitative estimate of drug-likeness (QED) is 0.678. The third kappa shape index (κ3) is 6.39. The Labute approximate surface area is 201 Å². The Hall–Kier alpha value is -3.40. The number of hydrogen-bond donors (Lipinski definition) is 1. The summed E-state index contributed by atoms with van der Waals surface area (Å²) in [4.78, 5) is 42.9. The summed E-state index contributed by atoms with van der Waals surface area (Å²) in [5, 5.41) is 2.41. The van der Waals surface area contributed by atoms with Crippen molar-refractivity contribution in [3.63, 3.8) is 0 Å². The predicted octanol–water partition coefficient (Wildman–Crippen LogP) is 3.25. The Balaban J connectivity index is 1.20. The third-order valence-corrected chi connectivity index (χ3v) is 6.34. The molecule has 186 valence electrons. The molecule has 2 aromatic carbocycles. The van der Waals surface area contributed by atoms with Crippen LogP contribution in [0.5, 0.6) is 0 Å². The molecule has 2 fully saturated rings. The van der Waals surface area contributed by atoms with Gasteiger partial charge in [-0.2, -0.15) is 13.2 Å². The summed E-state index contributed by atoms with van der Waals surface area (Å²) in [6.45, 7) is 4.01. The van der Waals surface area contributed by atoms with Gasteiger partial charge in [0.15, 0.2) is 0 Å². The van der Waals surface area contributed by atoms with E-state index in [1.165, 1.54) is 12.1 Å². The number of nitrogens with one attached hydrogen (secondary N) is 1. The molecular formula is C25H27F3N4O3. The van der Waals surface area contributed by atoms with Gasteiger partial charge in [-0.1, -0.05) is 18.2 Å². The van der Waals surface area contributed by atoms with Crippen molar-refractivity contribution in [2.45, 2.75) is 25.1 Å². The van der Waals surface area contributed by atoms with Crippen molar-refractivity contribution < 1.29 is 27.6 Å². The first-order chi connectivity index (χ1) is 16.7. The minimum Gasteiger partial charge on any atom is -0.336 e. The molecule has 1 N–H and O–H groups in total. The van der Waals surface area contributed by atoms with Crippen LogP contribution in [0, 0.1) is 0 Å². The van der Waals surface area contributed by atoms with E-state index >= 15 is 0 Å². The van der Waals surface area contributed by atoms with Gasteiger partial charge in [0.1, 0.15) is 0 Å². The number of piperazine rings is 1. The first-order valence-corrected chi connectivity index (χ1v) is 11.5. The first-order valence-electron chi connectivity index (χ1n) is 11.5. The minimum absolute atomic E-state index is 0.0376. The van der Waals surface area contributed by atoms with Gasteiger partial charge in [0.2, 0.25) is 5.91 Å². The molecule has 0 bridgehead atoms. The van der Waals surface area contributed by atoms with E-state index in [0.717, 1.165) is 13.1 Å². The number of nitrogens with zero attached hydrogens (tertiary/aromatic N) is 3. The molecule has 4 rings (SSSR count). The zero-order valence-corrected chi connectivity index (χ0v) is 19.1. The Morgan fingerprint density at radius 2 is 1.37 bits per heavy atom. The summed E-state index contributed by atoms with van der Waals surface area (Å²) in [7, 11) is 0. The molecular weight excluding hydrogens is 461 g/mol. The molecule has 0 aliphatic carbocycles. The number of rotatable bonds is 6. The van der Waals surface area contributed by atoms with E-state index in [4.69, 9.17) is 0 Å². The van der Waals surface area contributed by atoms with Crippen LogP contribution in [0.3, 0.4) is 0 Å². The zero-order chi connectivity index (χ0) is 25.0. The largest absolute Gasteiger partial charge is 0.389 e. The fraction of sp³-hybridized carbons (Fsp3) is 0.400. The highest BCUT2D eigenvalue weighted by Crippen LogP contribution is 2.23. The lowest BCUT2D eigenvalue weighted by Gasteiger charge is -2.48. The Kier molecular flexibility index (Phi) is 7.39. The number of amides is 3. The third-order valence-electron chi connectivity index (χ3n) is 6.34. The fourth-order valence-electron chi connectivity index (χ4n) is 4.26. The van der Waals surface area contributed by atoms with Gasteiger partial charge in [-0.25, -0.2) is 0 Å². The highest BCUT2D eigenvalue weighted by Gasteiger charge is 2.37. The molecule has 2 aliphatic rings. The van der Waals surface area contributed by atoms with Crippen molar-refractivity contribution in [3.05, 3.63) is 65.7 Å². The Bertz CT molecular complexity index is 1050. The van der Waals surface area contributed by atoms with E-state index in [0.29, 0.717) is 43.0 Å². The van der Waals surface area contributed by atoms with E-state index < -0.39 is 24.9 Å². The number of anilines is 1. The van der Waals surface area contributed by atoms with Gasteiger partial charge in [0, 0.05) is 68.5 Å². The van der Waals surface area contributed by atoms with Gasteiger partial charge in [0.05, 0.1) is 6.42 Å². The summed E-state index contributed by atoms with van der Waals surface area (Å²) in [5.74, 6) is -0.817. The highest BCUT2D eigenvalue weighted by molar-refractivity contribution is 5.96. The summed E-state index contributed by atoms with van der Waals surface area (Å²) in [5.41, 5.74) is 1.49. The molecule has 2 saturated heterocycles. The average Bonchev–Trinajstić information content (AvgIpc) is 2.82. The second-order valence-corrected chi connectivity index (χ2v) is 8.80. The Morgan fingerprint density at radius 3 is 1.97 bits per heavy atom. The monoisotopic (exact) mass is 488 g/mol. The van der Waals surface area contributed by atoms with Crippen LogP contribution in [0.15, 0.2) is 54.6 Å². The van der Waals surface area contributed by atoms with E-state index in [1.807, 2.05) is 35.2 Å². The van der Waals surface area contributed by atoms with Crippen molar-refractivity contribution >= 4 is 23.4 Å². The van der Waals surface area contributed by atoms with E-state index in [2.05, 4.69) is 10.2 Å². The van der Waals surface area contributed by atoms with Crippen LogP contribution >= 0.6 is 0 Å². The van der Waals surface area contributed by atoms with Gasteiger partial charge >= 0.3 is 6.18 Å². The molecule has 0 spiro atoms. The van der Waals surface area contributed by atoms with E-state index in [1.54, 1.807) is 17.0 Å². The summed E-state index contributed by atoms with van der Waals surface area (Å²) < 4.78 is 36.7. The molecule has 2 aliphatic heterocycles. The van der Waals surface area contributed by atoms with Crippen LogP contribution in [0.1, 0.15) is 33.6 Å². The maximum absolute atomic E-state index is 12.7. The second-order valence-electron chi connectivity index (χ2n) is 8.80. The number of carbonyl (C=O) groups excluding carboxylic acids is 3. The van der Waals surface area contributed by atoms with Gasteiger partial charge in [-0.15, -0.1) is 0 Å². The molecule has 3 amide bonds. The molecule has 0 aromatic heterocycles. The number of carbonyl (C=O) groups is 3. The SMILES string of the molecule is O=C(CCC(F)(F)F)Nc1ccc(C(=O)N2CC(N3CCN(C(=O)c4ccccc4)CC3)C2)cc1. The normalized spacial score (nSPS) is 17.1. The van der Waals surface area contributed by atoms with Crippen LogP contribution < -0.4 is 5.32 Å². The lowest BCUT2D eigenvalue weighted by molar-refractivity contribution is -0.142. The molecule has 35 heavy (non-hydrogen) atoms. The number of halogens is 3. The van der Waals surface area contributed by atoms with Crippen LogP contribution in [0.4, 0.5) is 18.9 Å². The average molecular weight is 489 g/mol. The number of likely N-dealkylation sites (tertiary alicyclic amines) is 1. The van der Waals surface area contributed by atoms with Crippen LogP contribution in [-0.2, 0) is 4.79 Å². The lowest BCUT2D eigenvalue weighted by atomic mass is 10.0. The molecule has 2 aromatic rings. The van der Waals surface area contributed by atoms with Gasteiger partial charge in [-0.3, -0.25) is 19.3 Å². The zero-order valence-electron chi connectivity index (χ0n) is 19.1. The van der Waals surface area contributed by atoms with Crippen LogP contribution in [0.25, 0.3) is 0 Å². The molecule has 0 atom stereocenters. The van der Waals surface area contributed by atoms with Gasteiger partial charge in [-0.05, 0) is 36.4 Å². The van der Waals surface area contributed by atoms with Gasteiger partial charge < -0.3 is 15.1 Å².